The molecule has 0 N–H and O–H groups in total. The SMILES string of the molecule is O=c1c2ccccc2nc(SCc2nnc(-c3ccc([N+](=O)[O-])cc3)o2)n1Cc1ccco1. The zero-order valence-electron chi connectivity index (χ0n) is 17.0. The van der Waals surface area contributed by atoms with E-state index in [0.29, 0.717) is 33.3 Å². The Labute approximate surface area is 190 Å². The van der Waals surface area contributed by atoms with Gasteiger partial charge in [0.25, 0.3) is 11.2 Å². The van der Waals surface area contributed by atoms with Gasteiger partial charge in [-0.25, -0.2) is 4.98 Å². The van der Waals surface area contributed by atoms with E-state index >= 15 is 0 Å². The Balaban J connectivity index is 1.41. The molecule has 0 spiro atoms. The molecule has 0 atom stereocenters. The van der Waals surface area contributed by atoms with Crippen LogP contribution in [-0.4, -0.2) is 24.7 Å². The zero-order chi connectivity index (χ0) is 22.8. The number of nitro groups is 1. The molecule has 0 saturated carbocycles. The Bertz CT molecular complexity index is 1490. The van der Waals surface area contributed by atoms with Gasteiger partial charge >= 0.3 is 0 Å². The van der Waals surface area contributed by atoms with E-state index in [9.17, 15) is 14.9 Å². The second-order valence-corrected chi connectivity index (χ2v) is 7.92. The first kappa shape index (κ1) is 20.6. The quantitative estimate of drug-likeness (QED) is 0.151. The third-order valence-electron chi connectivity index (χ3n) is 4.84. The lowest BCUT2D eigenvalue weighted by Gasteiger charge is -2.11. The third-order valence-corrected chi connectivity index (χ3v) is 5.80. The van der Waals surface area contributed by atoms with E-state index in [4.69, 9.17) is 8.83 Å². The van der Waals surface area contributed by atoms with Gasteiger partial charge in [0.2, 0.25) is 11.8 Å². The molecule has 5 aromatic rings. The summed E-state index contributed by atoms with van der Waals surface area (Å²) in [5.74, 6) is 1.50. The van der Waals surface area contributed by atoms with Gasteiger partial charge in [0, 0.05) is 17.7 Å². The molecule has 0 fully saturated rings. The molecule has 0 unspecified atom stereocenters. The molecule has 10 nitrogen and oxygen atoms in total. The van der Waals surface area contributed by atoms with Gasteiger partial charge in [-0.05, 0) is 36.4 Å². The molecule has 11 heteroatoms. The van der Waals surface area contributed by atoms with Crippen LogP contribution in [0.3, 0.4) is 0 Å². The van der Waals surface area contributed by atoms with E-state index in [1.807, 2.05) is 6.07 Å². The normalized spacial score (nSPS) is 11.2. The summed E-state index contributed by atoms with van der Waals surface area (Å²) in [6, 6.07) is 16.6. The number of rotatable bonds is 7. The molecule has 0 aliphatic carbocycles. The lowest BCUT2D eigenvalue weighted by Crippen LogP contribution is -2.23. The van der Waals surface area contributed by atoms with Gasteiger partial charge in [0.05, 0.1) is 34.4 Å². The van der Waals surface area contributed by atoms with E-state index in [2.05, 4.69) is 15.2 Å². The summed E-state index contributed by atoms with van der Waals surface area (Å²) in [6.45, 7) is 0.240. The zero-order valence-corrected chi connectivity index (χ0v) is 17.8. The third kappa shape index (κ3) is 4.26. The monoisotopic (exact) mass is 461 g/mol. The van der Waals surface area contributed by atoms with E-state index in [1.54, 1.807) is 53.3 Å². The average molecular weight is 461 g/mol. The first-order valence-electron chi connectivity index (χ1n) is 9.80. The van der Waals surface area contributed by atoms with Crippen molar-refractivity contribution in [1.82, 2.24) is 19.7 Å². The van der Waals surface area contributed by atoms with Gasteiger partial charge in [-0.1, -0.05) is 23.9 Å². The lowest BCUT2D eigenvalue weighted by atomic mass is 10.2. The minimum Gasteiger partial charge on any atom is -0.467 e. The number of furan rings is 1. The number of hydrogen-bond acceptors (Lipinski definition) is 9. The number of thioether (sulfide) groups is 1. The average Bonchev–Trinajstić information content (AvgIpc) is 3.52. The second-order valence-electron chi connectivity index (χ2n) is 6.98. The van der Waals surface area contributed by atoms with Gasteiger partial charge < -0.3 is 8.83 Å². The standard InChI is InChI=1S/C22H15N5O5S/c28-21-17-5-1-2-6-18(17)23-22(26(21)12-16-4-3-11-31-16)33-13-19-24-25-20(32-19)14-7-9-15(10-8-14)27(29)30/h1-11H,12-13H2. The molecule has 2 aromatic carbocycles. The topological polar surface area (TPSA) is 130 Å². The predicted molar refractivity (Wildman–Crippen MR) is 120 cm³/mol. The summed E-state index contributed by atoms with van der Waals surface area (Å²) in [5, 5.41) is 19.9. The summed E-state index contributed by atoms with van der Waals surface area (Å²) in [6.07, 6.45) is 1.56. The van der Waals surface area contributed by atoms with Crippen LogP contribution in [0.15, 0.2) is 85.7 Å². The van der Waals surface area contributed by atoms with E-state index in [-0.39, 0.29) is 29.4 Å². The van der Waals surface area contributed by atoms with Crippen molar-refractivity contribution in [2.75, 3.05) is 0 Å². The molecule has 3 aromatic heterocycles. The summed E-state index contributed by atoms with van der Waals surface area (Å²) < 4.78 is 12.7. The Kier molecular flexibility index (Phi) is 5.45. The van der Waals surface area contributed by atoms with Crippen molar-refractivity contribution in [2.24, 2.45) is 0 Å². The summed E-state index contributed by atoms with van der Waals surface area (Å²) >= 11 is 1.29. The van der Waals surface area contributed by atoms with Crippen LogP contribution in [0.2, 0.25) is 0 Å². The largest absolute Gasteiger partial charge is 0.467 e. The number of non-ortho nitro benzene ring substituents is 1. The highest BCUT2D eigenvalue weighted by Gasteiger charge is 2.16. The van der Waals surface area contributed by atoms with E-state index in [1.165, 1.54) is 23.9 Å². The highest BCUT2D eigenvalue weighted by Crippen LogP contribution is 2.26. The smallest absolute Gasteiger partial charge is 0.269 e. The van der Waals surface area contributed by atoms with Crippen LogP contribution in [0.1, 0.15) is 11.7 Å². The Morgan fingerprint density at radius 3 is 2.61 bits per heavy atom. The number of para-hydroxylation sites is 1. The minimum atomic E-state index is -0.474. The molecule has 3 heterocycles. The first-order valence-corrected chi connectivity index (χ1v) is 10.8. The van der Waals surface area contributed by atoms with Gasteiger partial charge in [0.1, 0.15) is 5.76 Å². The molecule has 33 heavy (non-hydrogen) atoms. The van der Waals surface area contributed by atoms with Crippen molar-refractivity contribution in [3.05, 3.63) is 99.0 Å². The summed E-state index contributed by atoms with van der Waals surface area (Å²) in [5.41, 5.74) is 0.975. The molecular formula is C22H15N5O5S. The molecule has 5 rings (SSSR count). The fraction of sp³-hybridized carbons (Fsp3) is 0.0909. The highest BCUT2D eigenvalue weighted by atomic mass is 32.2. The predicted octanol–water partition coefficient (Wildman–Crippen LogP) is 4.29. The Hall–Kier alpha value is -4.25. The first-order chi connectivity index (χ1) is 16.1. The molecular weight excluding hydrogens is 446 g/mol. The molecule has 0 bridgehead atoms. The fourth-order valence-corrected chi connectivity index (χ4v) is 4.07. The number of hydrogen-bond donors (Lipinski definition) is 0. The number of aromatic nitrogens is 4. The van der Waals surface area contributed by atoms with Crippen LogP contribution in [0.25, 0.3) is 22.4 Å². The molecule has 0 radical (unpaired) electrons. The van der Waals surface area contributed by atoms with Crippen LogP contribution in [-0.2, 0) is 12.3 Å². The van der Waals surface area contributed by atoms with Crippen LogP contribution >= 0.6 is 11.8 Å². The molecule has 0 amide bonds. The van der Waals surface area contributed by atoms with Crippen molar-refractivity contribution in [3.8, 4) is 11.5 Å². The van der Waals surface area contributed by atoms with Crippen molar-refractivity contribution < 1.29 is 13.8 Å². The molecule has 0 saturated heterocycles. The number of nitro benzene ring substituents is 1. The fourth-order valence-electron chi connectivity index (χ4n) is 3.24. The Morgan fingerprint density at radius 1 is 1.03 bits per heavy atom. The van der Waals surface area contributed by atoms with E-state index < -0.39 is 4.92 Å². The lowest BCUT2D eigenvalue weighted by molar-refractivity contribution is -0.384. The number of fused-ring (bicyclic) bond motifs is 1. The number of nitrogens with zero attached hydrogens (tertiary/aromatic N) is 5. The van der Waals surface area contributed by atoms with Crippen LogP contribution in [0.4, 0.5) is 5.69 Å². The molecule has 0 aliphatic heterocycles. The minimum absolute atomic E-state index is 0.0223. The highest BCUT2D eigenvalue weighted by molar-refractivity contribution is 7.98. The summed E-state index contributed by atoms with van der Waals surface area (Å²) in [7, 11) is 0. The van der Waals surface area contributed by atoms with Crippen LogP contribution < -0.4 is 5.56 Å². The summed E-state index contributed by atoms with van der Waals surface area (Å²) in [4.78, 5) is 28.1. The molecule has 164 valence electrons. The van der Waals surface area contributed by atoms with Gasteiger partial charge in [-0.15, -0.1) is 10.2 Å². The van der Waals surface area contributed by atoms with Crippen molar-refractivity contribution in [2.45, 2.75) is 17.5 Å². The maximum Gasteiger partial charge on any atom is 0.269 e. The molecule has 0 aliphatic rings. The van der Waals surface area contributed by atoms with Crippen molar-refractivity contribution in [1.29, 1.82) is 0 Å². The van der Waals surface area contributed by atoms with Crippen molar-refractivity contribution >= 4 is 28.4 Å². The second kappa shape index (κ2) is 8.71. The van der Waals surface area contributed by atoms with E-state index in [0.717, 1.165) is 0 Å². The van der Waals surface area contributed by atoms with Gasteiger partial charge in [0.15, 0.2) is 5.16 Å². The van der Waals surface area contributed by atoms with Gasteiger partial charge in [-0.3, -0.25) is 19.5 Å². The van der Waals surface area contributed by atoms with Crippen LogP contribution in [0, 0.1) is 10.1 Å². The maximum atomic E-state index is 13.1. The van der Waals surface area contributed by atoms with Crippen molar-refractivity contribution in [3.63, 3.8) is 0 Å². The maximum absolute atomic E-state index is 13.1. The van der Waals surface area contributed by atoms with Gasteiger partial charge in [-0.2, -0.15) is 0 Å². The Morgan fingerprint density at radius 2 is 1.85 bits per heavy atom. The number of benzene rings is 2. The van der Waals surface area contributed by atoms with Crippen LogP contribution in [0.5, 0.6) is 0 Å².